The Morgan fingerprint density at radius 3 is 2.48 bits per heavy atom. The Balaban J connectivity index is 1.33. The highest BCUT2D eigenvalue weighted by atomic mass is 16.1. The molecule has 0 bridgehead atoms. The number of nitrogens with one attached hydrogen (secondary N) is 2. The Kier molecular flexibility index (Phi) is 6.00. The van der Waals surface area contributed by atoms with E-state index in [0.717, 1.165) is 25.2 Å². The fraction of sp³-hybridized carbons (Fsp3) is 0.261. The molecule has 1 aliphatic rings. The molecule has 0 aliphatic carbocycles. The summed E-state index contributed by atoms with van der Waals surface area (Å²) in [5.74, 6) is 0.213. The third-order valence-corrected chi connectivity index (χ3v) is 5.02. The van der Waals surface area contributed by atoms with Crippen LogP contribution in [0.1, 0.15) is 28.9 Å². The molecule has 0 spiro atoms. The van der Waals surface area contributed by atoms with Gasteiger partial charge in [-0.25, -0.2) is 9.97 Å². The molecule has 2 N–H and O–H groups in total. The molecule has 0 saturated carbocycles. The summed E-state index contributed by atoms with van der Waals surface area (Å²) in [6.07, 6.45) is 4.90. The topological polar surface area (TPSA) is 70.2 Å². The zero-order chi connectivity index (χ0) is 19.9. The number of carbonyl (C=O) groups is 1. The smallest absolute Gasteiger partial charge is 0.270 e. The van der Waals surface area contributed by atoms with Crippen molar-refractivity contribution in [1.82, 2.24) is 15.3 Å². The molecule has 2 heterocycles. The fourth-order valence-electron chi connectivity index (χ4n) is 3.46. The number of hydrogen-bond donors (Lipinski definition) is 2. The van der Waals surface area contributed by atoms with E-state index in [-0.39, 0.29) is 5.91 Å². The molecule has 0 unspecified atom stereocenters. The number of benzene rings is 2. The van der Waals surface area contributed by atoms with E-state index in [2.05, 4.69) is 37.6 Å². The van der Waals surface area contributed by atoms with Crippen LogP contribution in [0.5, 0.6) is 0 Å². The summed E-state index contributed by atoms with van der Waals surface area (Å²) < 4.78 is 0. The summed E-state index contributed by atoms with van der Waals surface area (Å²) in [5, 5.41) is 6.09. The van der Waals surface area contributed by atoms with E-state index in [1.807, 2.05) is 42.5 Å². The van der Waals surface area contributed by atoms with Crippen molar-refractivity contribution in [3.8, 4) is 0 Å². The van der Waals surface area contributed by atoms with Crippen LogP contribution in [0.2, 0.25) is 0 Å². The summed E-state index contributed by atoms with van der Waals surface area (Å²) >= 11 is 0. The van der Waals surface area contributed by atoms with Gasteiger partial charge in [0.15, 0.2) is 0 Å². The van der Waals surface area contributed by atoms with E-state index in [0.29, 0.717) is 18.2 Å². The van der Waals surface area contributed by atoms with Crippen molar-refractivity contribution in [3.63, 3.8) is 0 Å². The van der Waals surface area contributed by atoms with Gasteiger partial charge < -0.3 is 15.5 Å². The molecule has 6 heteroatoms. The monoisotopic (exact) mass is 387 g/mol. The summed E-state index contributed by atoms with van der Waals surface area (Å²) in [6, 6.07) is 19.9. The van der Waals surface area contributed by atoms with Crippen molar-refractivity contribution >= 4 is 23.2 Å². The van der Waals surface area contributed by atoms with Gasteiger partial charge in [-0.05, 0) is 55.2 Å². The van der Waals surface area contributed by atoms with Gasteiger partial charge in [0.05, 0.1) is 0 Å². The van der Waals surface area contributed by atoms with Crippen LogP contribution < -0.4 is 15.5 Å². The highest BCUT2D eigenvalue weighted by Crippen LogP contribution is 2.23. The van der Waals surface area contributed by atoms with Crippen molar-refractivity contribution in [2.45, 2.75) is 19.3 Å². The minimum Gasteiger partial charge on any atom is -0.372 e. The van der Waals surface area contributed by atoms with Crippen molar-refractivity contribution in [1.29, 1.82) is 0 Å². The lowest BCUT2D eigenvalue weighted by molar-refractivity contribution is 0.0949. The largest absolute Gasteiger partial charge is 0.372 e. The maximum Gasteiger partial charge on any atom is 0.270 e. The first-order valence-corrected chi connectivity index (χ1v) is 10.1. The average molecular weight is 387 g/mol. The predicted molar refractivity (Wildman–Crippen MR) is 116 cm³/mol. The number of anilines is 3. The highest BCUT2D eigenvalue weighted by molar-refractivity contribution is 5.92. The SMILES string of the molecule is O=C(NCCc1ccccc1)c1ccnc(Nc2ccc(N3CCCC3)cc2)n1. The minimum atomic E-state index is -0.198. The van der Waals surface area contributed by atoms with Crippen LogP contribution in [0.3, 0.4) is 0 Å². The van der Waals surface area contributed by atoms with Crippen molar-refractivity contribution < 1.29 is 4.79 Å². The number of carbonyl (C=O) groups excluding carboxylic acids is 1. The van der Waals surface area contributed by atoms with Crippen molar-refractivity contribution in [3.05, 3.63) is 78.1 Å². The maximum absolute atomic E-state index is 12.4. The van der Waals surface area contributed by atoms with E-state index in [4.69, 9.17) is 0 Å². The number of rotatable bonds is 7. The molecule has 1 amide bonds. The van der Waals surface area contributed by atoms with Gasteiger partial charge in [-0.2, -0.15) is 0 Å². The average Bonchev–Trinajstić information content (AvgIpc) is 3.30. The quantitative estimate of drug-likeness (QED) is 0.645. The standard InChI is InChI=1S/C23H25N5O/c29-22(24-14-12-18-6-2-1-3-7-18)21-13-15-25-23(27-21)26-19-8-10-20(11-9-19)28-16-4-5-17-28/h1-3,6-11,13,15H,4-5,12,14,16-17H2,(H,24,29)(H,25,26,27). The van der Waals surface area contributed by atoms with Gasteiger partial charge in [-0.1, -0.05) is 30.3 Å². The lowest BCUT2D eigenvalue weighted by Gasteiger charge is -2.17. The number of hydrogen-bond acceptors (Lipinski definition) is 5. The van der Waals surface area contributed by atoms with Crippen molar-refractivity contribution in [2.24, 2.45) is 0 Å². The molecule has 29 heavy (non-hydrogen) atoms. The Morgan fingerprint density at radius 2 is 1.72 bits per heavy atom. The minimum absolute atomic E-state index is 0.198. The molecule has 4 rings (SSSR count). The zero-order valence-corrected chi connectivity index (χ0v) is 16.3. The van der Waals surface area contributed by atoms with Gasteiger partial charge >= 0.3 is 0 Å². The van der Waals surface area contributed by atoms with Gasteiger partial charge in [0, 0.05) is 37.2 Å². The molecular formula is C23H25N5O. The molecule has 1 saturated heterocycles. The lowest BCUT2D eigenvalue weighted by atomic mass is 10.1. The van der Waals surface area contributed by atoms with E-state index in [9.17, 15) is 4.79 Å². The van der Waals surface area contributed by atoms with Crippen LogP contribution in [0.4, 0.5) is 17.3 Å². The van der Waals surface area contributed by atoms with Crippen LogP contribution in [0.25, 0.3) is 0 Å². The van der Waals surface area contributed by atoms with E-state index in [1.165, 1.54) is 24.1 Å². The number of nitrogens with zero attached hydrogens (tertiary/aromatic N) is 3. The Bertz CT molecular complexity index is 937. The van der Waals surface area contributed by atoms with Gasteiger partial charge in [0.25, 0.3) is 5.91 Å². The van der Waals surface area contributed by atoms with E-state index < -0.39 is 0 Å². The molecule has 0 atom stereocenters. The van der Waals surface area contributed by atoms with Gasteiger partial charge in [-0.15, -0.1) is 0 Å². The Hall–Kier alpha value is -3.41. The van der Waals surface area contributed by atoms with Gasteiger partial charge in [0.2, 0.25) is 5.95 Å². The summed E-state index contributed by atoms with van der Waals surface area (Å²) in [4.78, 5) is 23.4. The first kappa shape index (κ1) is 18.9. The second kappa shape index (κ2) is 9.19. The highest BCUT2D eigenvalue weighted by Gasteiger charge is 2.12. The molecule has 1 aromatic heterocycles. The van der Waals surface area contributed by atoms with Gasteiger partial charge in [0.1, 0.15) is 5.69 Å². The third kappa shape index (κ3) is 5.10. The maximum atomic E-state index is 12.4. The zero-order valence-electron chi connectivity index (χ0n) is 16.3. The molecule has 2 aromatic carbocycles. The molecule has 0 radical (unpaired) electrons. The second-order valence-corrected chi connectivity index (χ2v) is 7.12. The van der Waals surface area contributed by atoms with E-state index in [1.54, 1.807) is 12.3 Å². The molecule has 148 valence electrons. The summed E-state index contributed by atoms with van der Waals surface area (Å²) in [6.45, 7) is 2.81. The van der Waals surface area contributed by atoms with Gasteiger partial charge in [-0.3, -0.25) is 4.79 Å². The first-order chi connectivity index (χ1) is 14.3. The predicted octanol–water partition coefficient (Wildman–Crippen LogP) is 3.79. The normalized spacial score (nSPS) is 13.3. The molecule has 1 aliphatic heterocycles. The molecule has 6 nitrogen and oxygen atoms in total. The molecule has 3 aromatic rings. The summed E-state index contributed by atoms with van der Waals surface area (Å²) in [7, 11) is 0. The lowest BCUT2D eigenvalue weighted by Crippen LogP contribution is -2.26. The number of amides is 1. The van der Waals surface area contributed by atoms with Crippen LogP contribution in [-0.4, -0.2) is 35.5 Å². The molecular weight excluding hydrogens is 362 g/mol. The third-order valence-electron chi connectivity index (χ3n) is 5.02. The van der Waals surface area contributed by atoms with Crippen LogP contribution in [0, 0.1) is 0 Å². The second-order valence-electron chi connectivity index (χ2n) is 7.12. The number of aromatic nitrogens is 2. The van der Waals surface area contributed by atoms with Crippen LogP contribution in [-0.2, 0) is 6.42 Å². The summed E-state index contributed by atoms with van der Waals surface area (Å²) in [5.41, 5.74) is 3.68. The fourth-order valence-corrected chi connectivity index (χ4v) is 3.46. The Morgan fingerprint density at radius 1 is 0.966 bits per heavy atom. The van der Waals surface area contributed by atoms with Crippen molar-refractivity contribution in [2.75, 3.05) is 29.9 Å². The molecule has 1 fully saturated rings. The Labute approximate surface area is 171 Å². The van der Waals surface area contributed by atoms with Crippen LogP contribution >= 0.6 is 0 Å². The first-order valence-electron chi connectivity index (χ1n) is 10.1. The van der Waals surface area contributed by atoms with Crippen LogP contribution in [0.15, 0.2) is 66.9 Å². The van der Waals surface area contributed by atoms with E-state index >= 15 is 0 Å².